The van der Waals surface area contributed by atoms with E-state index in [0.717, 1.165) is 41.1 Å². The summed E-state index contributed by atoms with van der Waals surface area (Å²) in [5.74, 6) is 1.37. The predicted octanol–water partition coefficient (Wildman–Crippen LogP) is 4.17. The van der Waals surface area contributed by atoms with Gasteiger partial charge >= 0.3 is 6.18 Å². The van der Waals surface area contributed by atoms with E-state index >= 15 is 0 Å². The smallest absolute Gasteiger partial charge is 0.352 e. The molecular formula is C22H21F3N4O. The van der Waals surface area contributed by atoms with Gasteiger partial charge in [-0.25, -0.2) is 9.97 Å². The van der Waals surface area contributed by atoms with Crippen molar-refractivity contribution in [1.29, 1.82) is 0 Å². The van der Waals surface area contributed by atoms with Crippen LogP contribution in [-0.2, 0) is 12.6 Å². The highest BCUT2D eigenvalue weighted by atomic mass is 19.4. The topological polar surface area (TPSA) is 49.3 Å². The predicted molar refractivity (Wildman–Crippen MR) is 108 cm³/mol. The van der Waals surface area contributed by atoms with Crippen LogP contribution in [0.2, 0.25) is 0 Å². The summed E-state index contributed by atoms with van der Waals surface area (Å²) in [5, 5.41) is 0.970. The van der Waals surface area contributed by atoms with Crippen molar-refractivity contribution in [2.45, 2.75) is 19.5 Å². The normalized spacial score (nSPS) is 14.9. The largest absolute Gasteiger partial charge is 0.416 e. The van der Waals surface area contributed by atoms with Gasteiger partial charge in [0.2, 0.25) is 0 Å². The first-order valence-corrected chi connectivity index (χ1v) is 9.84. The molecule has 1 aliphatic rings. The molecule has 1 aliphatic heterocycles. The molecule has 0 atom stereocenters. The number of nitrogens with zero attached hydrogens (tertiary/aromatic N) is 4. The van der Waals surface area contributed by atoms with Crippen molar-refractivity contribution in [2.24, 2.45) is 0 Å². The Balaban J connectivity index is 1.49. The number of rotatable bonds is 3. The van der Waals surface area contributed by atoms with E-state index < -0.39 is 11.7 Å². The van der Waals surface area contributed by atoms with Crippen molar-refractivity contribution < 1.29 is 18.0 Å². The molecule has 0 radical (unpaired) electrons. The number of anilines is 1. The number of benzene rings is 2. The number of para-hydroxylation sites is 1. The van der Waals surface area contributed by atoms with Crippen LogP contribution in [-0.4, -0.2) is 47.0 Å². The van der Waals surface area contributed by atoms with Gasteiger partial charge in [0.1, 0.15) is 11.6 Å². The van der Waals surface area contributed by atoms with Gasteiger partial charge in [0.05, 0.1) is 11.1 Å². The van der Waals surface area contributed by atoms with Crippen molar-refractivity contribution in [3.05, 3.63) is 65.5 Å². The molecule has 0 N–H and O–H groups in total. The number of amides is 1. The fourth-order valence-corrected chi connectivity index (χ4v) is 3.61. The van der Waals surface area contributed by atoms with Gasteiger partial charge < -0.3 is 9.80 Å². The minimum atomic E-state index is -4.41. The number of aryl methyl sites for hydroxylation is 1. The van der Waals surface area contributed by atoms with E-state index in [2.05, 4.69) is 9.88 Å². The first kappa shape index (κ1) is 20.1. The summed E-state index contributed by atoms with van der Waals surface area (Å²) in [5.41, 5.74) is 0.394. The molecule has 156 valence electrons. The summed E-state index contributed by atoms with van der Waals surface area (Å²) in [7, 11) is 0. The lowest BCUT2D eigenvalue weighted by atomic mass is 10.1. The molecule has 1 fully saturated rings. The van der Waals surface area contributed by atoms with Gasteiger partial charge in [-0.1, -0.05) is 19.1 Å². The standard InChI is InChI=1S/C22H21F3N4O/c1-2-19-26-18-6-4-3-5-17(18)20(27-19)28-11-13-29(14-12-28)21(30)15-7-9-16(10-8-15)22(23,24)25/h3-10H,2,11-14H2,1H3. The summed E-state index contributed by atoms with van der Waals surface area (Å²) in [6, 6.07) is 12.2. The third kappa shape index (κ3) is 3.94. The van der Waals surface area contributed by atoms with Gasteiger partial charge in [-0.2, -0.15) is 13.2 Å². The molecule has 5 nitrogen and oxygen atoms in total. The highest BCUT2D eigenvalue weighted by Crippen LogP contribution is 2.29. The van der Waals surface area contributed by atoms with Gasteiger partial charge in [0, 0.05) is 43.5 Å². The quantitative estimate of drug-likeness (QED) is 0.645. The minimum absolute atomic E-state index is 0.259. The average molecular weight is 414 g/mol. The van der Waals surface area contributed by atoms with Crippen LogP contribution in [0.25, 0.3) is 10.9 Å². The zero-order chi connectivity index (χ0) is 21.3. The lowest BCUT2D eigenvalue weighted by molar-refractivity contribution is -0.137. The number of aromatic nitrogens is 2. The molecule has 0 aliphatic carbocycles. The van der Waals surface area contributed by atoms with Crippen LogP contribution in [0.5, 0.6) is 0 Å². The number of hydrogen-bond donors (Lipinski definition) is 0. The first-order valence-electron chi connectivity index (χ1n) is 9.84. The fraction of sp³-hybridized carbons (Fsp3) is 0.318. The highest BCUT2D eigenvalue weighted by molar-refractivity contribution is 5.94. The van der Waals surface area contributed by atoms with E-state index in [1.165, 1.54) is 12.1 Å². The summed E-state index contributed by atoms with van der Waals surface area (Å²) in [4.78, 5) is 25.8. The molecule has 8 heteroatoms. The van der Waals surface area contributed by atoms with Crippen LogP contribution < -0.4 is 4.90 Å². The third-order valence-corrected chi connectivity index (χ3v) is 5.27. The highest BCUT2D eigenvalue weighted by Gasteiger charge is 2.31. The number of carbonyl (C=O) groups excluding carboxylic acids is 1. The van der Waals surface area contributed by atoms with E-state index in [9.17, 15) is 18.0 Å². The lowest BCUT2D eigenvalue weighted by Crippen LogP contribution is -2.49. The Morgan fingerprint density at radius 1 is 0.967 bits per heavy atom. The van der Waals surface area contributed by atoms with Gasteiger partial charge in [-0.15, -0.1) is 0 Å². The van der Waals surface area contributed by atoms with Crippen molar-refractivity contribution in [1.82, 2.24) is 14.9 Å². The van der Waals surface area contributed by atoms with Crippen LogP contribution in [0.3, 0.4) is 0 Å². The molecular weight excluding hydrogens is 393 g/mol. The van der Waals surface area contributed by atoms with Crippen LogP contribution in [0.15, 0.2) is 48.5 Å². The number of piperazine rings is 1. The Morgan fingerprint density at radius 3 is 2.27 bits per heavy atom. The van der Waals surface area contributed by atoms with E-state index in [-0.39, 0.29) is 11.5 Å². The van der Waals surface area contributed by atoms with Crippen LogP contribution in [0.4, 0.5) is 19.0 Å². The summed E-state index contributed by atoms with van der Waals surface area (Å²) in [6.07, 6.45) is -3.69. The zero-order valence-corrected chi connectivity index (χ0v) is 16.5. The molecule has 0 spiro atoms. The lowest BCUT2D eigenvalue weighted by Gasteiger charge is -2.36. The van der Waals surface area contributed by atoms with E-state index in [0.29, 0.717) is 26.2 Å². The maximum atomic E-state index is 12.7. The molecule has 0 bridgehead atoms. The van der Waals surface area contributed by atoms with Crippen LogP contribution >= 0.6 is 0 Å². The Morgan fingerprint density at radius 2 is 1.63 bits per heavy atom. The Bertz CT molecular complexity index is 1060. The summed E-state index contributed by atoms with van der Waals surface area (Å²) in [6.45, 7) is 4.14. The first-order chi connectivity index (χ1) is 14.4. The van der Waals surface area contributed by atoms with Crippen molar-refractivity contribution in [3.63, 3.8) is 0 Å². The second-order valence-corrected chi connectivity index (χ2v) is 7.19. The molecule has 1 saturated heterocycles. The van der Waals surface area contributed by atoms with Crippen molar-refractivity contribution >= 4 is 22.6 Å². The monoisotopic (exact) mass is 414 g/mol. The Hall–Kier alpha value is -3.16. The zero-order valence-electron chi connectivity index (χ0n) is 16.5. The molecule has 2 aromatic carbocycles. The molecule has 0 saturated carbocycles. The van der Waals surface area contributed by atoms with E-state index in [1.54, 1.807) is 4.90 Å². The van der Waals surface area contributed by atoms with Crippen molar-refractivity contribution in [2.75, 3.05) is 31.1 Å². The van der Waals surface area contributed by atoms with E-state index in [1.807, 2.05) is 31.2 Å². The Labute approximate surface area is 172 Å². The second-order valence-electron chi connectivity index (χ2n) is 7.19. The number of halogens is 3. The molecule has 1 aromatic heterocycles. The average Bonchev–Trinajstić information content (AvgIpc) is 2.77. The number of alkyl halides is 3. The van der Waals surface area contributed by atoms with Gasteiger partial charge in [0.25, 0.3) is 5.91 Å². The Kier molecular flexibility index (Phi) is 5.32. The molecule has 30 heavy (non-hydrogen) atoms. The summed E-state index contributed by atoms with van der Waals surface area (Å²) >= 11 is 0. The third-order valence-electron chi connectivity index (χ3n) is 5.27. The molecule has 4 rings (SSSR count). The molecule has 0 unspecified atom stereocenters. The number of carbonyl (C=O) groups is 1. The van der Waals surface area contributed by atoms with Crippen LogP contribution in [0.1, 0.15) is 28.7 Å². The van der Waals surface area contributed by atoms with Crippen molar-refractivity contribution in [3.8, 4) is 0 Å². The molecule has 1 amide bonds. The SMILES string of the molecule is CCc1nc(N2CCN(C(=O)c3ccc(C(F)(F)F)cc3)CC2)c2ccccc2n1. The maximum Gasteiger partial charge on any atom is 0.416 e. The minimum Gasteiger partial charge on any atom is -0.352 e. The molecule has 2 heterocycles. The van der Waals surface area contributed by atoms with Gasteiger partial charge in [0.15, 0.2) is 0 Å². The van der Waals surface area contributed by atoms with Crippen LogP contribution in [0, 0.1) is 0 Å². The van der Waals surface area contributed by atoms with Gasteiger partial charge in [-0.05, 0) is 36.4 Å². The summed E-state index contributed by atoms with van der Waals surface area (Å²) < 4.78 is 38.2. The number of hydrogen-bond acceptors (Lipinski definition) is 4. The molecule has 3 aromatic rings. The maximum absolute atomic E-state index is 12.7. The fourth-order valence-electron chi connectivity index (χ4n) is 3.61. The second kappa shape index (κ2) is 7.93. The number of fused-ring (bicyclic) bond motifs is 1. The van der Waals surface area contributed by atoms with E-state index in [4.69, 9.17) is 4.98 Å². The van der Waals surface area contributed by atoms with Gasteiger partial charge in [-0.3, -0.25) is 4.79 Å².